The Morgan fingerprint density at radius 2 is 2.14 bits per heavy atom. The van der Waals surface area contributed by atoms with Gasteiger partial charge >= 0.3 is 6.09 Å². The molecule has 9 heteroatoms. The Kier molecular flexibility index (Phi) is 6.04. The zero-order chi connectivity index (χ0) is 20.3. The molecule has 8 nitrogen and oxygen atoms in total. The lowest BCUT2D eigenvalue weighted by Gasteiger charge is -2.23. The highest BCUT2D eigenvalue weighted by Crippen LogP contribution is 2.33. The van der Waals surface area contributed by atoms with Crippen LogP contribution in [-0.2, 0) is 11.5 Å². The SMILES string of the molecule is COc1ccnc2c1c(C1=CCN(C(=O)O)CC1)nn2COCC[Si](C)(C)C. The minimum absolute atomic E-state index is 0.329. The molecule has 0 saturated carbocycles. The Morgan fingerprint density at radius 3 is 2.75 bits per heavy atom. The van der Waals surface area contributed by atoms with E-state index in [4.69, 9.17) is 19.7 Å². The number of methoxy groups -OCH3 is 1. The second-order valence-corrected chi connectivity index (χ2v) is 13.7. The van der Waals surface area contributed by atoms with Crippen LogP contribution in [0.5, 0.6) is 5.75 Å². The number of amides is 1. The first-order valence-corrected chi connectivity index (χ1v) is 13.2. The number of aromatic nitrogens is 3. The summed E-state index contributed by atoms with van der Waals surface area (Å²) in [5, 5.41) is 14.8. The first kappa shape index (κ1) is 20.3. The van der Waals surface area contributed by atoms with Crippen molar-refractivity contribution in [2.75, 3.05) is 26.8 Å². The van der Waals surface area contributed by atoms with E-state index in [9.17, 15) is 4.79 Å². The molecule has 1 aliphatic heterocycles. The Balaban J connectivity index is 1.89. The summed E-state index contributed by atoms with van der Waals surface area (Å²) in [5.74, 6) is 0.704. The molecule has 1 amide bonds. The van der Waals surface area contributed by atoms with E-state index in [1.165, 1.54) is 4.90 Å². The zero-order valence-corrected chi connectivity index (χ0v) is 17.9. The van der Waals surface area contributed by atoms with Crippen LogP contribution in [0.15, 0.2) is 18.3 Å². The molecule has 0 bridgehead atoms. The summed E-state index contributed by atoms with van der Waals surface area (Å²) in [4.78, 5) is 17.0. The summed E-state index contributed by atoms with van der Waals surface area (Å²) in [6.07, 6.45) is 3.32. The summed E-state index contributed by atoms with van der Waals surface area (Å²) >= 11 is 0. The van der Waals surface area contributed by atoms with E-state index in [0.29, 0.717) is 44.2 Å². The van der Waals surface area contributed by atoms with Gasteiger partial charge in [-0.15, -0.1) is 0 Å². The second kappa shape index (κ2) is 8.32. The van der Waals surface area contributed by atoms with Crippen molar-refractivity contribution in [1.29, 1.82) is 0 Å². The summed E-state index contributed by atoms with van der Waals surface area (Å²) in [5.41, 5.74) is 2.51. The molecule has 0 atom stereocenters. The normalized spacial score (nSPS) is 15.0. The molecule has 0 aliphatic carbocycles. The van der Waals surface area contributed by atoms with Crippen LogP contribution in [0, 0.1) is 0 Å². The summed E-state index contributed by atoms with van der Waals surface area (Å²) in [7, 11) is 0.473. The van der Waals surface area contributed by atoms with Crippen LogP contribution in [-0.4, -0.2) is 65.7 Å². The summed E-state index contributed by atoms with van der Waals surface area (Å²) < 4.78 is 13.2. The fraction of sp³-hybridized carbons (Fsp3) is 0.526. The van der Waals surface area contributed by atoms with Crippen molar-refractivity contribution >= 4 is 30.8 Å². The van der Waals surface area contributed by atoms with Gasteiger partial charge in [-0.05, 0) is 24.1 Å². The number of rotatable bonds is 7. The van der Waals surface area contributed by atoms with Gasteiger partial charge in [0.1, 0.15) is 18.2 Å². The van der Waals surface area contributed by atoms with Crippen LogP contribution in [0.4, 0.5) is 4.79 Å². The number of carbonyl (C=O) groups is 1. The standard InChI is InChI=1S/C19H28N4O4Si/c1-26-15-5-8-20-18-16(15)17(14-6-9-22(10-7-14)19(24)25)21-23(18)13-27-11-12-28(2,3)4/h5-6,8H,7,9-13H2,1-4H3,(H,24,25). The maximum Gasteiger partial charge on any atom is 0.407 e. The number of hydrogen-bond donors (Lipinski definition) is 1. The van der Waals surface area contributed by atoms with Gasteiger partial charge in [0.25, 0.3) is 0 Å². The van der Waals surface area contributed by atoms with Gasteiger partial charge in [0, 0.05) is 34.0 Å². The molecule has 0 radical (unpaired) electrons. The largest absolute Gasteiger partial charge is 0.496 e. The van der Waals surface area contributed by atoms with Crippen molar-refractivity contribution in [1.82, 2.24) is 19.7 Å². The number of hydrogen-bond acceptors (Lipinski definition) is 5. The van der Waals surface area contributed by atoms with Gasteiger partial charge < -0.3 is 19.5 Å². The first-order valence-electron chi connectivity index (χ1n) is 9.44. The number of nitrogens with zero attached hydrogens (tertiary/aromatic N) is 4. The molecule has 0 saturated heterocycles. The van der Waals surface area contributed by atoms with Crippen molar-refractivity contribution < 1.29 is 19.4 Å². The topological polar surface area (TPSA) is 89.7 Å². The third kappa shape index (κ3) is 4.53. The van der Waals surface area contributed by atoms with Crippen LogP contribution >= 0.6 is 0 Å². The van der Waals surface area contributed by atoms with Gasteiger partial charge in [0.2, 0.25) is 0 Å². The fourth-order valence-corrected chi connectivity index (χ4v) is 3.90. The summed E-state index contributed by atoms with van der Waals surface area (Å²) in [6.45, 7) is 8.79. The Hall–Kier alpha value is -2.39. The maximum atomic E-state index is 11.2. The molecule has 1 aliphatic rings. The molecule has 28 heavy (non-hydrogen) atoms. The van der Waals surface area contributed by atoms with Gasteiger partial charge in [-0.3, -0.25) is 0 Å². The van der Waals surface area contributed by atoms with E-state index >= 15 is 0 Å². The molecule has 152 valence electrons. The Morgan fingerprint density at radius 1 is 1.36 bits per heavy atom. The van der Waals surface area contributed by atoms with Crippen LogP contribution in [0.25, 0.3) is 16.6 Å². The van der Waals surface area contributed by atoms with Gasteiger partial charge in [0.15, 0.2) is 5.65 Å². The first-order chi connectivity index (χ1) is 13.3. The van der Waals surface area contributed by atoms with Crippen LogP contribution in [0.1, 0.15) is 12.1 Å². The minimum atomic E-state index is -1.15. The van der Waals surface area contributed by atoms with E-state index in [-0.39, 0.29) is 0 Å². The Bertz CT molecular complexity index is 888. The quantitative estimate of drug-likeness (QED) is 0.561. The minimum Gasteiger partial charge on any atom is -0.496 e. The molecule has 2 aromatic heterocycles. The van der Waals surface area contributed by atoms with E-state index in [1.807, 2.05) is 12.1 Å². The lowest BCUT2D eigenvalue weighted by Crippen LogP contribution is -2.33. The molecule has 0 unspecified atom stereocenters. The fourth-order valence-electron chi connectivity index (χ4n) is 3.14. The smallest absolute Gasteiger partial charge is 0.407 e. The molecule has 1 N–H and O–H groups in total. The number of pyridine rings is 1. The molecular formula is C19H28N4O4Si. The van der Waals surface area contributed by atoms with E-state index in [2.05, 4.69) is 24.6 Å². The lowest BCUT2D eigenvalue weighted by molar-refractivity contribution is 0.0812. The third-order valence-corrected chi connectivity index (χ3v) is 6.51. The average molecular weight is 405 g/mol. The lowest BCUT2D eigenvalue weighted by atomic mass is 10.0. The van der Waals surface area contributed by atoms with Crippen LogP contribution in [0.2, 0.25) is 25.7 Å². The van der Waals surface area contributed by atoms with Crippen molar-refractivity contribution in [2.45, 2.75) is 38.8 Å². The highest BCUT2D eigenvalue weighted by atomic mass is 28.3. The van der Waals surface area contributed by atoms with E-state index in [0.717, 1.165) is 22.7 Å². The number of ether oxygens (including phenoxy) is 2. The monoisotopic (exact) mass is 404 g/mol. The number of carboxylic acid groups (broad SMARTS) is 1. The molecule has 3 heterocycles. The molecular weight excluding hydrogens is 376 g/mol. The highest BCUT2D eigenvalue weighted by molar-refractivity contribution is 6.76. The van der Waals surface area contributed by atoms with E-state index < -0.39 is 14.2 Å². The van der Waals surface area contributed by atoms with Gasteiger partial charge in [-0.1, -0.05) is 25.7 Å². The predicted octanol–water partition coefficient (Wildman–Crippen LogP) is 3.52. The van der Waals surface area contributed by atoms with E-state index in [1.54, 1.807) is 18.0 Å². The van der Waals surface area contributed by atoms with Crippen molar-refractivity contribution in [3.63, 3.8) is 0 Å². The van der Waals surface area contributed by atoms with Gasteiger partial charge in [-0.2, -0.15) is 5.10 Å². The summed E-state index contributed by atoms with van der Waals surface area (Å²) in [6, 6.07) is 2.91. The van der Waals surface area contributed by atoms with Crippen LogP contribution in [0.3, 0.4) is 0 Å². The van der Waals surface area contributed by atoms with Gasteiger partial charge in [0.05, 0.1) is 12.5 Å². The molecule has 0 spiro atoms. The van der Waals surface area contributed by atoms with Crippen molar-refractivity contribution in [2.24, 2.45) is 0 Å². The molecule has 2 aromatic rings. The van der Waals surface area contributed by atoms with Crippen LogP contribution < -0.4 is 4.74 Å². The highest BCUT2D eigenvalue weighted by Gasteiger charge is 2.23. The van der Waals surface area contributed by atoms with Crippen molar-refractivity contribution in [3.8, 4) is 5.75 Å². The average Bonchev–Trinajstić information content (AvgIpc) is 3.03. The zero-order valence-electron chi connectivity index (χ0n) is 16.9. The third-order valence-electron chi connectivity index (χ3n) is 4.81. The van der Waals surface area contributed by atoms with Crippen molar-refractivity contribution in [3.05, 3.63) is 24.0 Å². The van der Waals surface area contributed by atoms with Gasteiger partial charge in [-0.25, -0.2) is 14.5 Å². The molecule has 0 aromatic carbocycles. The molecule has 0 fully saturated rings. The Labute approximate surface area is 165 Å². The molecule has 3 rings (SSSR count). The second-order valence-electron chi connectivity index (χ2n) is 8.12. The number of fused-ring (bicyclic) bond motifs is 1. The maximum absolute atomic E-state index is 11.2. The predicted molar refractivity (Wildman–Crippen MR) is 110 cm³/mol.